The van der Waals surface area contributed by atoms with Gasteiger partial charge in [0, 0.05) is 10.8 Å². The van der Waals surface area contributed by atoms with Gasteiger partial charge in [0.25, 0.3) is 0 Å². The first kappa shape index (κ1) is 18.0. The SMILES string of the molecule is c1ccc2c(c1)ccc1nc(CCCCc3nc4ccc5ccccc5c4s3)sc12. The normalized spacial score (nSPS) is 11.9. The molecule has 0 aliphatic rings. The number of hydrogen-bond acceptors (Lipinski definition) is 4. The maximum Gasteiger partial charge on any atom is 0.0938 e. The lowest BCUT2D eigenvalue weighted by Gasteiger charge is -1.96. The summed E-state index contributed by atoms with van der Waals surface area (Å²) in [7, 11) is 0. The van der Waals surface area contributed by atoms with E-state index in [9.17, 15) is 0 Å². The average Bonchev–Trinajstić information content (AvgIpc) is 3.40. The molecule has 2 aromatic heterocycles. The van der Waals surface area contributed by atoms with Crippen LogP contribution in [0.3, 0.4) is 0 Å². The van der Waals surface area contributed by atoms with Crippen LogP contribution in [0.4, 0.5) is 0 Å². The number of hydrogen-bond donors (Lipinski definition) is 0. The molecule has 6 aromatic rings. The summed E-state index contributed by atoms with van der Waals surface area (Å²) >= 11 is 3.71. The van der Waals surface area contributed by atoms with Gasteiger partial charge in [0.1, 0.15) is 0 Å². The predicted octanol–water partition coefficient (Wildman–Crippen LogP) is 7.78. The molecule has 0 amide bonds. The molecule has 0 saturated heterocycles. The highest BCUT2D eigenvalue weighted by Crippen LogP contribution is 2.32. The molecule has 0 atom stereocenters. The van der Waals surface area contributed by atoms with Gasteiger partial charge in [-0.15, -0.1) is 22.7 Å². The highest BCUT2D eigenvalue weighted by molar-refractivity contribution is 7.20. The molecule has 0 bridgehead atoms. The molecule has 4 aromatic carbocycles. The highest BCUT2D eigenvalue weighted by atomic mass is 32.1. The van der Waals surface area contributed by atoms with Gasteiger partial charge in [0.2, 0.25) is 0 Å². The van der Waals surface area contributed by atoms with Crippen molar-refractivity contribution in [3.8, 4) is 0 Å². The summed E-state index contributed by atoms with van der Waals surface area (Å²) in [6.07, 6.45) is 4.38. The van der Waals surface area contributed by atoms with Crippen LogP contribution in [0, 0.1) is 0 Å². The predicted molar refractivity (Wildman–Crippen MR) is 131 cm³/mol. The summed E-state index contributed by atoms with van der Waals surface area (Å²) in [5, 5.41) is 7.72. The Morgan fingerprint density at radius 2 is 1.00 bits per heavy atom. The smallest absolute Gasteiger partial charge is 0.0938 e. The van der Waals surface area contributed by atoms with Crippen LogP contribution in [-0.4, -0.2) is 9.97 Å². The van der Waals surface area contributed by atoms with Crippen molar-refractivity contribution < 1.29 is 0 Å². The van der Waals surface area contributed by atoms with Gasteiger partial charge >= 0.3 is 0 Å². The van der Waals surface area contributed by atoms with Gasteiger partial charge in [-0.1, -0.05) is 60.7 Å². The van der Waals surface area contributed by atoms with Crippen molar-refractivity contribution in [1.29, 1.82) is 0 Å². The number of thiazole rings is 2. The van der Waals surface area contributed by atoms with Gasteiger partial charge in [-0.2, -0.15) is 0 Å². The van der Waals surface area contributed by atoms with Crippen molar-refractivity contribution in [3.05, 3.63) is 82.8 Å². The topological polar surface area (TPSA) is 25.8 Å². The van der Waals surface area contributed by atoms with E-state index in [1.165, 1.54) is 41.0 Å². The fourth-order valence-corrected chi connectivity index (χ4v) is 6.45. The molecular weight excluding hydrogens is 404 g/mol. The van der Waals surface area contributed by atoms with Gasteiger partial charge in [-0.05, 0) is 48.6 Å². The van der Waals surface area contributed by atoms with Crippen LogP contribution in [0.15, 0.2) is 72.8 Å². The zero-order chi connectivity index (χ0) is 19.9. The van der Waals surface area contributed by atoms with Gasteiger partial charge in [-0.25, -0.2) is 9.97 Å². The molecule has 0 fully saturated rings. The maximum atomic E-state index is 4.88. The molecule has 0 saturated carbocycles. The van der Waals surface area contributed by atoms with Crippen molar-refractivity contribution in [3.63, 3.8) is 0 Å². The summed E-state index contributed by atoms with van der Waals surface area (Å²) in [5.74, 6) is 0. The van der Waals surface area contributed by atoms with Crippen LogP contribution in [0.1, 0.15) is 22.9 Å². The monoisotopic (exact) mass is 424 g/mol. The van der Waals surface area contributed by atoms with E-state index in [0.717, 1.165) is 36.7 Å². The minimum atomic E-state index is 1.04. The molecule has 0 spiro atoms. The minimum absolute atomic E-state index is 1.04. The first-order valence-electron chi connectivity index (χ1n) is 10.4. The number of aryl methyl sites for hydroxylation is 2. The van der Waals surface area contributed by atoms with Crippen LogP contribution < -0.4 is 0 Å². The minimum Gasteiger partial charge on any atom is -0.241 e. The number of fused-ring (bicyclic) bond motifs is 6. The van der Waals surface area contributed by atoms with Gasteiger partial charge < -0.3 is 0 Å². The lowest BCUT2D eigenvalue weighted by molar-refractivity contribution is 0.730. The van der Waals surface area contributed by atoms with E-state index >= 15 is 0 Å². The molecule has 30 heavy (non-hydrogen) atoms. The van der Waals surface area contributed by atoms with Crippen molar-refractivity contribution in [2.24, 2.45) is 0 Å². The molecule has 2 heterocycles. The van der Waals surface area contributed by atoms with Gasteiger partial charge in [0.05, 0.1) is 30.4 Å². The zero-order valence-corrected chi connectivity index (χ0v) is 18.1. The molecule has 0 unspecified atom stereocenters. The fraction of sp³-hybridized carbons (Fsp3) is 0.154. The second-order valence-corrected chi connectivity index (χ2v) is 9.86. The third-order valence-corrected chi connectivity index (χ3v) is 8.01. The molecule has 2 nitrogen and oxygen atoms in total. The molecule has 6 rings (SSSR count). The van der Waals surface area contributed by atoms with Crippen molar-refractivity contribution in [1.82, 2.24) is 9.97 Å². The second kappa shape index (κ2) is 7.46. The maximum absolute atomic E-state index is 4.88. The molecule has 146 valence electrons. The lowest BCUT2D eigenvalue weighted by atomic mass is 10.1. The van der Waals surface area contributed by atoms with Crippen molar-refractivity contribution in [2.75, 3.05) is 0 Å². The molecule has 0 radical (unpaired) electrons. The summed E-state index contributed by atoms with van der Waals surface area (Å²) in [6.45, 7) is 0. The van der Waals surface area contributed by atoms with Crippen molar-refractivity contribution in [2.45, 2.75) is 25.7 Å². The first-order chi connectivity index (χ1) is 14.8. The Morgan fingerprint density at radius 1 is 0.533 bits per heavy atom. The number of benzene rings is 4. The van der Waals surface area contributed by atoms with Gasteiger partial charge in [0.15, 0.2) is 0 Å². The van der Waals surface area contributed by atoms with E-state index < -0.39 is 0 Å². The van der Waals surface area contributed by atoms with E-state index in [1.54, 1.807) is 0 Å². The zero-order valence-electron chi connectivity index (χ0n) is 16.5. The Kier molecular flexibility index (Phi) is 4.47. The van der Waals surface area contributed by atoms with E-state index in [2.05, 4.69) is 72.8 Å². The third-order valence-electron chi connectivity index (χ3n) is 5.68. The molecule has 0 N–H and O–H groups in total. The van der Waals surface area contributed by atoms with Crippen molar-refractivity contribution >= 4 is 64.7 Å². The van der Waals surface area contributed by atoms with Crippen LogP contribution in [0.25, 0.3) is 42.0 Å². The number of aromatic nitrogens is 2. The first-order valence-corrected chi connectivity index (χ1v) is 12.0. The van der Waals surface area contributed by atoms with Crippen LogP contribution in [0.2, 0.25) is 0 Å². The molecule has 0 aliphatic carbocycles. The standard InChI is InChI=1S/C26H20N2S2/c1-3-9-19-17(7-1)13-15-21-25(19)29-23(27-21)11-5-6-12-24-28-22-16-14-18-8-2-4-10-20(18)26(22)30-24/h1-4,7-10,13-16H,5-6,11-12H2. The van der Waals surface area contributed by atoms with Crippen LogP contribution in [0.5, 0.6) is 0 Å². The Labute approximate surface area is 182 Å². The second-order valence-electron chi connectivity index (χ2n) is 7.69. The molecular formula is C26H20N2S2. The number of nitrogens with zero attached hydrogens (tertiary/aromatic N) is 2. The molecule has 4 heteroatoms. The summed E-state index contributed by atoms with van der Waals surface area (Å²) < 4.78 is 2.64. The number of rotatable bonds is 5. The quantitative estimate of drug-likeness (QED) is 0.264. The van der Waals surface area contributed by atoms with Crippen LogP contribution >= 0.6 is 22.7 Å². The number of unbranched alkanes of at least 4 members (excludes halogenated alkanes) is 1. The highest BCUT2D eigenvalue weighted by Gasteiger charge is 2.09. The largest absolute Gasteiger partial charge is 0.241 e. The van der Waals surface area contributed by atoms with E-state index in [1.807, 2.05) is 22.7 Å². The Balaban J connectivity index is 1.17. The Morgan fingerprint density at radius 3 is 1.50 bits per heavy atom. The summed E-state index contributed by atoms with van der Waals surface area (Å²) in [6, 6.07) is 25.9. The Hall–Kier alpha value is -2.82. The van der Waals surface area contributed by atoms with Crippen LogP contribution in [-0.2, 0) is 12.8 Å². The van der Waals surface area contributed by atoms with E-state index in [0.29, 0.717) is 0 Å². The summed E-state index contributed by atoms with van der Waals surface area (Å²) in [5.41, 5.74) is 2.26. The average molecular weight is 425 g/mol. The summed E-state index contributed by atoms with van der Waals surface area (Å²) in [4.78, 5) is 9.76. The lowest BCUT2D eigenvalue weighted by Crippen LogP contribution is -1.88. The van der Waals surface area contributed by atoms with Gasteiger partial charge in [-0.3, -0.25) is 0 Å². The third kappa shape index (κ3) is 3.17. The fourth-order valence-electron chi connectivity index (χ4n) is 4.17. The van der Waals surface area contributed by atoms with E-state index in [4.69, 9.17) is 9.97 Å². The van der Waals surface area contributed by atoms with E-state index in [-0.39, 0.29) is 0 Å². The molecule has 0 aliphatic heterocycles. The Bertz CT molecular complexity index is 1390.